The van der Waals surface area contributed by atoms with E-state index in [2.05, 4.69) is 10.4 Å². The average Bonchev–Trinajstić information content (AvgIpc) is 3.07. The lowest BCUT2D eigenvalue weighted by atomic mass is 9.95. The van der Waals surface area contributed by atoms with E-state index in [1.54, 1.807) is 17.5 Å². The molecule has 1 aliphatic rings. The first-order valence-corrected chi connectivity index (χ1v) is 7.99. The van der Waals surface area contributed by atoms with Crippen LogP contribution in [0.25, 0.3) is 0 Å². The summed E-state index contributed by atoms with van der Waals surface area (Å²) in [6.45, 7) is 2.71. The number of fused-ring (bicyclic) bond motifs is 1. The van der Waals surface area contributed by atoms with Gasteiger partial charge in [-0.2, -0.15) is 5.10 Å². The summed E-state index contributed by atoms with van der Waals surface area (Å²) in [5.41, 5.74) is 2.17. The number of rotatable bonds is 4. The molecule has 1 amide bonds. The van der Waals surface area contributed by atoms with E-state index in [1.807, 2.05) is 29.2 Å². The van der Waals surface area contributed by atoms with Crippen LogP contribution in [0.1, 0.15) is 40.6 Å². The maximum atomic E-state index is 12.4. The predicted octanol–water partition coefficient (Wildman–Crippen LogP) is 2.64. The van der Waals surface area contributed by atoms with Gasteiger partial charge in [-0.25, -0.2) is 0 Å². The number of carbonyl (C=O) groups is 1. The number of aromatic nitrogens is 2. The van der Waals surface area contributed by atoms with Crippen LogP contribution in [0.3, 0.4) is 0 Å². The number of nitrogens with zero attached hydrogens (tertiary/aromatic N) is 2. The maximum Gasteiger partial charge on any atom is 0.252 e. The van der Waals surface area contributed by atoms with Crippen LogP contribution in [-0.2, 0) is 19.4 Å². The Kier molecular flexibility index (Phi) is 3.87. The van der Waals surface area contributed by atoms with Gasteiger partial charge >= 0.3 is 0 Å². The second kappa shape index (κ2) is 5.79. The molecule has 106 valence electrons. The summed E-state index contributed by atoms with van der Waals surface area (Å²) >= 11 is 1.73. The molecule has 0 unspecified atom stereocenters. The van der Waals surface area contributed by atoms with Crippen LogP contribution < -0.4 is 5.32 Å². The summed E-state index contributed by atoms with van der Waals surface area (Å²) in [5.74, 6) is 0.0593. The van der Waals surface area contributed by atoms with Crippen molar-refractivity contribution in [1.29, 1.82) is 0 Å². The molecular formula is C15H19N3OS. The highest BCUT2D eigenvalue weighted by Gasteiger charge is 2.21. The number of hydrogen-bond acceptors (Lipinski definition) is 3. The van der Waals surface area contributed by atoms with Gasteiger partial charge in [0.25, 0.3) is 5.91 Å². The van der Waals surface area contributed by atoms with E-state index < -0.39 is 0 Å². The first-order valence-electron chi connectivity index (χ1n) is 7.11. The molecule has 20 heavy (non-hydrogen) atoms. The van der Waals surface area contributed by atoms with Crippen LogP contribution in [0, 0.1) is 0 Å². The molecule has 0 aromatic carbocycles. The van der Waals surface area contributed by atoms with Crippen LogP contribution in [0.5, 0.6) is 0 Å². The molecule has 0 saturated carbocycles. The minimum Gasteiger partial charge on any atom is -0.348 e. The second-order valence-corrected chi connectivity index (χ2v) is 6.33. The van der Waals surface area contributed by atoms with Gasteiger partial charge in [0.2, 0.25) is 0 Å². The first-order chi connectivity index (χ1) is 9.74. The van der Waals surface area contributed by atoms with Crippen molar-refractivity contribution in [3.8, 4) is 0 Å². The summed E-state index contributed by atoms with van der Waals surface area (Å²) < 4.78 is 1.84. The zero-order valence-electron chi connectivity index (χ0n) is 11.6. The van der Waals surface area contributed by atoms with E-state index in [0.717, 1.165) is 18.4 Å². The largest absolute Gasteiger partial charge is 0.348 e. The van der Waals surface area contributed by atoms with E-state index in [4.69, 9.17) is 0 Å². The summed E-state index contributed by atoms with van der Waals surface area (Å²) in [5, 5.41) is 9.26. The Hall–Kier alpha value is -1.62. The zero-order chi connectivity index (χ0) is 13.9. The predicted molar refractivity (Wildman–Crippen MR) is 80.1 cm³/mol. The Morgan fingerprint density at radius 3 is 3.15 bits per heavy atom. The Morgan fingerprint density at radius 2 is 2.35 bits per heavy atom. The van der Waals surface area contributed by atoms with E-state index in [1.165, 1.54) is 23.3 Å². The summed E-state index contributed by atoms with van der Waals surface area (Å²) in [6.07, 6.45) is 8.31. The smallest absolute Gasteiger partial charge is 0.252 e. The van der Waals surface area contributed by atoms with Gasteiger partial charge in [-0.3, -0.25) is 9.48 Å². The second-order valence-electron chi connectivity index (χ2n) is 5.36. The fourth-order valence-corrected chi connectivity index (χ4v) is 3.85. The minimum absolute atomic E-state index is 0.0593. The lowest BCUT2D eigenvalue weighted by molar-refractivity contribution is 0.0935. The van der Waals surface area contributed by atoms with E-state index in [0.29, 0.717) is 6.54 Å². The number of carbonyl (C=O) groups excluding carboxylic acids is 1. The van der Waals surface area contributed by atoms with E-state index in [9.17, 15) is 4.79 Å². The molecule has 4 nitrogen and oxygen atoms in total. The highest BCUT2D eigenvalue weighted by atomic mass is 32.1. The number of nitrogens with one attached hydrogen (secondary N) is 1. The lowest BCUT2D eigenvalue weighted by Gasteiger charge is -2.16. The van der Waals surface area contributed by atoms with Crippen LogP contribution in [0.15, 0.2) is 23.8 Å². The Bertz CT molecular complexity index is 588. The van der Waals surface area contributed by atoms with Crippen molar-refractivity contribution in [2.75, 3.05) is 0 Å². The zero-order valence-corrected chi connectivity index (χ0v) is 12.4. The van der Waals surface area contributed by atoms with Gasteiger partial charge in [-0.05, 0) is 44.2 Å². The monoisotopic (exact) mass is 289 g/mol. The Balaban J connectivity index is 1.65. The molecule has 0 spiro atoms. The molecule has 2 aromatic heterocycles. The highest BCUT2D eigenvalue weighted by molar-refractivity contribution is 7.10. The molecule has 3 rings (SSSR count). The molecule has 1 atom stereocenters. The van der Waals surface area contributed by atoms with E-state index >= 15 is 0 Å². The van der Waals surface area contributed by atoms with Gasteiger partial charge in [0, 0.05) is 28.7 Å². The third-order valence-corrected chi connectivity index (χ3v) is 4.79. The fraction of sp³-hybridized carbons (Fsp3) is 0.467. The third-order valence-electron chi connectivity index (χ3n) is 3.70. The lowest BCUT2D eigenvalue weighted by Crippen LogP contribution is -2.36. The maximum absolute atomic E-state index is 12.4. The minimum atomic E-state index is 0.0593. The van der Waals surface area contributed by atoms with Crippen molar-refractivity contribution >= 4 is 17.2 Å². The van der Waals surface area contributed by atoms with Gasteiger partial charge in [0.1, 0.15) is 0 Å². The Labute approximate surface area is 122 Å². The average molecular weight is 289 g/mol. The number of thiophene rings is 1. The van der Waals surface area contributed by atoms with Crippen molar-refractivity contribution in [3.63, 3.8) is 0 Å². The number of aryl methyl sites for hydroxylation is 1. The SMILES string of the molecule is C[C@H](Cn1cccn1)NC(=O)c1csc2c1CCCC2. The highest BCUT2D eigenvalue weighted by Crippen LogP contribution is 2.30. The van der Waals surface area contributed by atoms with Gasteiger partial charge in [0.15, 0.2) is 0 Å². The topological polar surface area (TPSA) is 46.9 Å². The summed E-state index contributed by atoms with van der Waals surface area (Å²) in [7, 11) is 0. The van der Waals surface area contributed by atoms with Crippen molar-refractivity contribution in [2.45, 2.75) is 45.2 Å². The quantitative estimate of drug-likeness (QED) is 0.940. The summed E-state index contributed by atoms with van der Waals surface area (Å²) in [4.78, 5) is 13.8. The molecule has 1 N–H and O–H groups in total. The fourth-order valence-electron chi connectivity index (χ4n) is 2.72. The number of amides is 1. The van der Waals surface area contributed by atoms with Gasteiger partial charge < -0.3 is 5.32 Å². The van der Waals surface area contributed by atoms with Crippen LogP contribution in [0.4, 0.5) is 0 Å². The normalized spacial score (nSPS) is 15.7. The Morgan fingerprint density at radius 1 is 1.50 bits per heavy atom. The molecule has 0 aliphatic heterocycles. The molecule has 0 bridgehead atoms. The van der Waals surface area contributed by atoms with Crippen LogP contribution >= 0.6 is 11.3 Å². The first kappa shape index (κ1) is 13.4. The van der Waals surface area contributed by atoms with Gasteiger partial charge in [-0.1, -0.05) is 0 Å². The molecule has 5 heteroatoms. The van der Waals surface area contributed by atoms with Crippen molar-refractivity contribution in [2.24, 2.45) is 0 Å². The van der Waals surface area contributed by atoms with Crippen molar-refractivity contribution in [1.82, 2.24) is 15.1 Å². The molecule has 0 fully saturated rings. The molecule has 0 radical (unpaired) electrons. The van der Waals surface area contributed by atoms with Crippen LogP contribution in [-0.4, -0.2) is 21.7 Å². The molecule has 2 aromatic rings. The molecule has 1 aliphatic carbocycles. The standard InChI is InChI=1S/C15H19N3OS/c1-11(9-18-8-4-7-16-18)17-15(19)13-10-20-14-6-3-2-5-12(13)14/h4,7-8,10-11H,2-3,5-6,9H2,1H3,(H,17,19)/t11-/m1/s1. The van der Waals surface area contributed by atoms with E-state index in [-0.39, 0.29) is 11.9 Å². The van der Waals surface area contributed by atoms with Crippen molar-refractivity contribution < 1.29 is 4.79 Å². The van der Waals surface area contributed by atoms with Crippen LogP contribution in [0.2, 0.25) is 0 Å². The molecule has 2 heterocycles. The van der Waals surface area contributed by atoms with Crippen molar-refractivity contribution in [3.05, 3.63) is 39.8 Å². The van der Waals surface area contributed by atoms with Gasteiger partial charge in [-0.15, -0.1) is 11.3 Å². The summed E-state index contributed by atoms with van der Waals surface area (Å²) in [6, 6.07) is 1.96. The van der Waals surface area contributed by atoms with Gasteiger partial charge in [0.05, 0.1) is 12.1 Å². The molecule has 0 saturated heterocycles. The molecular weight excluding hydrogens is 270 g/mol. The number of hydrogen-bond donors (Lipinski definition) is 1. The third kappa shape index (κ3) is 2.77.